The van der Waals surface area contributed by atoms with Gasteiger partial charge in [-0.3, -0.25) is 9.59 Å². The Balaban J connectivity index is 1.50. The van der Waals surface area contributed by atoms with Crippen molar-refractivity contribution in [1.29, 1.82) is 5.26 Å². The topological polar surface area (TPSA) is 84.7 Å². The Hall–Kier alpha value is -2.59. The number of urea groups is 1. The number of anilines is 1. The maximum absolute atomic E-state index is 13.2. The highest BCUT2D eigenvalue weighted by Crippen LogP contribution is 2.45. The summed E-state index contributed by atoms with van der Waals surface area (Å²) in [5.41, 5.74) is 1.23. The zero-order chi connectivity index (χ0) is 19.0. The van der Waals surface area contributed by atoms with E-state index in [2.05, 4.69) is 0 Å². The third-order valence-electron chi connectivity index (χ3n) is 6.19. The lowest BCUT2D eigenvalue weighted by molar-refractivity contribution is -0.136. The first-order valence-corrected chi connectivity index (χ1v) is 9.47. The van der Waals surface area contributed by atoms with Gasteiger partial charge in [0.15, 0.2) is 0 Å². The Labute approximate surface area is 161 Å². The number of imide groups is 1. The Morgan fingerprint density at radius 2 is 2.04 bits per heavy atom. The standard InChI is InChI=1S/C19H17ClN4O3/c1-9-13(5-4-11(7-21)15(9)20)24-18(26)16-14-6-12(23(16)19(24)27)8-22(14)17(25)10-2-3-10/h4-5,10,12,14,16H,2-3,6,8H2,1H3/t12-,14-,16-/m0/s1. The van der Waals surface area contributed by atoms with E-state index < -0.39 is 6.04 Å². The van der Waals surface area contributed by atoms with Gasteiger partial charge in [0.2, 0.25) is 5.91 Å². The van der Waals surface area contributed by atoms with Crippen molar-refractivity contribution in [3.63, 3.8) is 0 Å². The fourth-order valence-electron chi connectivity index (χ4n) is 4.70. The summed E-state index contributed by atoms with van der Waals surface area (Å²) in [5, 5.41) is 9.36. The molecule has 1 aromatic rings. The third-order valence-corrected chi connectivity index (χ3v) is 6.68. The molecule has 0 radical (unpaired) electrons. The molecule has 0 unspecified atom stereocenters. The average Bonchev–Trinajstić information content (AvgIpc) is 3.25. The molecule has 1 saturated carbocycles. The molecule has 7 nitrogen and oxygen atoms in total. The number of hydrogen-bond donors (Lipinski definition) is 0. The molecule has 138 valence electrons. The minimum absolute atomic E-state index is 0.0979. The molecule has 0 spiro atoms. The molecule has 1 aliphatic carbocycles. The number of carbonyl (C=O) groups is 3. The fraction of sp³-hybridized carbons (Fsp3) is 0.474. The van der Waals surface area contributed by atoms with Crippen LogP contribution in [0.1, 0.15) is 30.4 Å². The molecule has 5 rings (SSSR count). The van der Waals surface area contributed by atoms with Crippen molar-refractivity contribution in [2.24, 2.45) is 5.92 Å². The molecule has 0 N–H and O–H groups in total. The minimum atomic E-state index is -0.618. The van der Waals surface area contributed by atoms with Crippen LogP contribution in [-0.2, 0) is 9.59 Å². The number of amides is 4. The maximum Gasteiger partial charge on any atom is 0.332 e. The van der Waals surface area contributed by atoms with Crippen molar-refractivity contribution in [2.45, 2.75) is 44.3 Å². The van der Waals surface area contributed by atoms with Crippen LogP contribution in [0.2, 0.25) is 5.02 Å². The van der Waals surface area contributed by atoms with Crippen LogP contribution in [0.25, 0.3) is 0 Å². The monoisotopic (exact) mass is 384 g/mol. The zero-order valence-electron chi connectivity index (χ0n) is 14.7. The molecule has 4 amide bonds. The summed E-state index contributed by atoms with van der Waals surface area (Å²) >= 11 is 6.23. The first kappa shape index (κ1) is 16.6. The van der Waals surface area contributed by atoms with Crippen LogP contribution in [0.4, 0.5) is 10.5 Å². The highest BCUT2D eigenvalue weighted by molar-refractivity contribution is 6.33. The van der Waals surface area contributed by atoms with E-state index in [1.807, 2.05) is 11.0 Å². The van der Waals surface area contributed by atoms with Crippen molar-refractivity contribution in [2.75, 3.05) is 11.4 Å². The van der Waals surface area contributed by atoms with Crippen LogP contribution in [0.5, 0.6) is 0 Å². The van der Waals surface area contributed by atoms with Gasteiger partial charge in [0.25, 0.3) is 5.91 Å². The van der Waals surface area contributed by atoms with E-state index in [4.69, 9.17) is 16.9 Å². The first-order valence-electron chi connectivity index (χ1n) is 9.10. The van der Waals surface area contributed by atoms with Crippen molar-refractivity contribution in [3.8, 4) is 6.07 Å². The van der Waals surface area contributed by atoms with Crippen LogP contribution >= 0.6 is 11.6 Å². The number of hydrogen-bond acceptors (Lipinski definition) is 4. The summed E-state index contributed by atoms with van der Waals surface area (Å²) in [5.74, 6) is -0.0937. The van der Waals surface area contributed by atoms with E-state index in [1.165, 1.54) is 6.07 Å². The van der Waals surface area contributed by atoms with Crippen LogP contribution in [0, 0.1) is 24.2 Å². The molecule has 4 fully saturated rings. The van der Waals surface area contributed by atoms with Gasteiger partial charge in [0.1, 0.15) is 12.1 Å². The zero-order valence-corrected chi connectivity index (χ0v) is 15.4. The van der Waals surface area contributed by atoms with Crippen LogP contribution in [0.15, 0.2) is 12.1 Å². The molecule has 2 bridgehead atoms. The van der Waals surface area contributed by atoms with Gasteiger partial charge in [0.05, 0.1) is 28.4 Å². The van der Waals surface area contributed by atoms with E-state index in [0.717, 1.165) is 17.7 Å². The van der Waals surface area contributed by atoms with E-state index in [1.54, 1.807) is 17.9 Å². The molecule has 8 heteroatoms. The molecule has 4 aliphatic rings. The normalized spacial score (nSPS) is 28.8. The van der Waals surface area contributed by atoms with Gasteiger partial charge in [-0.1, -0.05) is 11.6 Å². The Bertz CT molecular complexity index is 951. The molecule has 27 heavy (non-hydrogen) atoms. The number of rotatable bonds is 2. The lowest BCUT2D eigenvalue weighted by Gasteiger charge is -2.35. The predicted molar refractivity (Wildman–Crippen MR) is 96.0 cm³/mol. The number of halogens is 1. The summed E-state index contributed by atoms with van der Waals surface area (Å²) in [7, 11) is 0. The fourth-order valence-corrected chi connectivity index (χ4v) is 4.90. The van der Waals surface area contributed by atoms with Gasteiger partial charge < -0.3 is 9.80 Å². The minimum Gasteiger partial charge on any atom is -0.335 e. The summed E-state index contributed by atoms with van der Waals surface area (Å²) in [6, 6.07) is 3.78. The average molecular weight is 385 g/mol. The molecular weight excluding hydrogens is 368 g/mol. The van der Waals surface area contributed by atoms with Crippen molar-refractivity contribution >= 4 is 35.1 Å². The molecule has 0 aromatic heterocycles. The third kappa shape index (κ3) is 2.10. The van der Waals surface area contributed by atoms with Crippen molar-refractivity contribution in [1.82, 2.24) is 9.80 Å². The number of likely N-dealkylation sites (tertiary alicyclic amines) is 1. The second kappa shape index (κ2) is 5.46. The molecule has 3 atom stereocenters. The van der Waals surface area contributed by atoms with Gasteiger partial charge in [-0.2, -0.15) is 5.26 Å². The van der Waals surface area contributed by atoms with Crippen LogP contribution < -0.4 is 4.90 Å². The van der Waals surface area contributed by atoms with Gasteiger partial charge >= 0.3 is 6.03 Å². The van der Waals surface area contributed by atoms with Gasteiger partial charge in [-0.05, 0) is 43.9 Å². The quantitative estimate of drug-likeness (QED) is 0.730. The first-order chi connectivity index (χ1) is 12.9. The molecule has 3 aliphatic heterocycles. The number of benzene rings is 1. The SMILES string of the molecule is Cc1c(N2C(=O)[C@@H]3[C@@H]4C[C@@H](CN4C(=O)C4CC4)N3C2=O)ccc(C#N)c1Cl. The Morgan fingerprint density at radius 3 is 2.70 bits per heavy atom. The number of nitrogens with zero attached hydrogens (tertiary/aromatic N) is 4. The predicted octanol–water partition coefficient (Wildman–Crippen LogP) is 2.05. The summed E-state index contributed by atoms with van der Waals surface area (Å²) in [6.45, 7) is 2.20. The Kier molecular flexibility index (Phi) is 3.35. The summed E-state index contributed by atoms with van der Waals surface area (Å²) < 4.78 is 0. The number of nitriles is 1. The van der Waals surface area contributed by atoms with Gasteiger partial charge in [-0.25, -0.2) is 9.69 Å². The molecule has 3 saturated heterocycles. The van der Waals surface area contributed by atoms with E-state index in [9.17, 15) is 14.4 Å². The van der Waals surface area contributed by atoms with E-state index >= 15 is 0 Å². The molecular formula is C19H17ClN4O3. The Morgan fingerprint density at radius 1 is 1.30 bits per heavy atom. The van der Waals surface area contributed by atoms with Crippen molar-refractivity contribution < 1.29 is 14.4 Å². The lowest BCUT2D eigenvalue weighted by atomic mass is 10.1. The van der Waals surface area contributed by atoms with E-state index in [-0.39, 0.29) is 40.9 Å². The molecule has 1 aromatic carbocycles. The lowest BCUT2D eigenvalue weighted by Crippen LogP contribution is -2.55. The van der Waals surface area contributed by atoms with Crippen molar-refractivity contribution in [3.05, 3.63) is 28.3 Å². The number of carbonyl (C=O) groups excluding carboxylic acids is 3. The number of piperazine rings is 1. The largest absolute Gasteiger partial charge is 0.335 e. The second-order valence-electron chi connectivity index (χ2n) is 7.71. The second-order valence-corrected chi connectivity index (χ2v) is 8.09. The highest BCUT2D eigenvalue weighted by atomic mass is 35.5. The summed E-state index contributed by atoms with van der Waals surface area (Å²) in [6.07, 6.45) is 2.51. The van der Waals surface area contributed by atoms with E-state index in [0.29, 0.717) is 29.8 Å². The summed E-state index contributed by atoms with van der Waals surface area (Å²) in [4.78, 5) is 43.4. The number of fused-ring (bicyclic) bond motifs is 5. The van der Waals surface area contributed by atoms with Crippen LogP contribution in [0.3, 0.4) is 0 Å². The maximum atomic E-state index is 13.2. The highest BCUT2D eigenvalue weighted by Gasteiger charge is 2.63. The smallest absolute Gasteiger partial charge is 0.332 e. The van der Waals surface area contributed by atoms with Gasteiger partial charge in [-0.15, -0.1) is 0 Å². The molecule has 3 heterocycles. The van der Waals surface area contributed by atoms with Gasteiger partial charge in [0, 0.05) is 12.5 Å². The van der Waals surface area contributed by atoms with Crippen LogP contribution in [-0.4, -0.2) is 52.3 Å².